The molecule has 0 spiro atoms. The van der Waals surface area contributed by atoms with Crippen LogP contribution >= 0.6 is 0 Å². The molecule has 0 bridgehead atoms. The molecule has 1 rings (SSSR count). The summed E-state index contributed by atoms with van der Waals surface area (Å²) >= 11 is 0. The summed E-state index contributed by atoms with van der Waals surface area (Å²) in [5.41, 5.74) is 0.502. The van der Waals surface area contributed by atoms with E-state index in [1.807, 2.05) is 13.0 Å². The van der Waals surface area contributed by atoms with E-state index in [4.69, 9.17) is 15.1 Å². The number of carboxylic acids is 1. The number of carboxylic acid groups (broad SMARTS) is 1. The molecule has 6 heteroatoms. The van der Waals surface area contributed by atoms with E-state index in [-0.39, 0.29) is 19.1 Å². The van der Waals surface area contributed by atoms with Crippen molar-refractivity contribution in [1.29, 1.82) is 5.26 Å². The lowest BCUT2D eigenvalue weighted by molar-refractivity contribution is -0.145. The zero-order chi connectivity index (χ0) is 15.0. The average molecular weight is 276 g/mol. The molecule has 0 aliphatic carbocycles. The Morgan fingerprint density at radius 3 is 2.50 bits per heavy atom. The molecule has 6 nitrogen and oxygen atoms in total. The summed E-state index contributed by atoms with van der Waals surface area (Å²) in [5.74, 6) is -0.965. The molecular formula is C14H16N2O4. The average Bonchev–Trinajstić information content (AvgIpc) is 2.44. The molecule has 0 saturated heterocycles. The number of carbonyl (C=O) groups excluding carboxylic acids is 1. The number of rotatable bonds is 7. The van der Waals surface area contributed by atoms with E-state index in [0.717, 1.165) is 0 Å². The van der Waals surface area contributed by atoms with E-state index in [0.29, 0.717) is 24.3 Å². The SMILES string of the molecule is CCCN(CC(=O)O)C(=O)COc1ccc(C#N)cc1. The van der Waals surface area contributed by atoms with E-state index in [2.05, 4.69) is 0 Å². The van der Waals surface area contributed by atoms with Crippen molar-refractivity contribution in [3.63, 3.8) is 0 Å². The normalized spacial score (nSPS) is 9.60. The van der Waals surface area contributed by atoms with Crippen LogP contribution in [0.1, 0.15) is 18.9 Å². The summed E-state index contributed by atoms with van der Waals surface area (Å²) in [4.78, 5) is 23.8. The van der Waals surface area contributed by atoms with Crippen LogP contribution in [0.15, 0.2) is 24.3 Å². The number of carbonyl (C=O) groups is 2. The van der Waals surface area contributed by atoms with Crippen molar-refractivity contribution >= 4 is 11.9 Å². The van der Waals surface area contributed by atoms with Gasteiger partial charge in [0.05, 0.1) is 11.6 Å². The Balaban J connectivity index is 2.55. The summed E-state index contributed by atoms with van der Waals surface area (Å²) in [6.45, 7) is 1.69. The van der Waals surface area contributed by atoms with Gasteiger partial charge in [0.25, 0.3) is 5.91 Å². The molecule has 0 aliphatic heterocycles. The highest BCUT2D eigenvalue weighted by Gasteiger charge is 2.16. The van der Waals surface area contributed by atoms with Gasteiger partial charge in [0, 0.05) is 6.54 Å². The number of nitrogens with zero attached hydrogens (tertiary/aromatic N) is 2. The number of nitriles is 1. The van der Waals surface area contributed by atoms with Crippen LogP contribution in [0.5, 0.6) is 5.75 Å². The molecule has 0 aliphatic rings. The van der Waals surface area contributed by atoms with Crippen molar-refractivity contribution in [3.05, 3.63) is 29.8 Å². The second-order valence-electron chi connectivity index (χ2n) is 4.13. The van der Waals surface area contributed by atoms with E-state index in [9.17, 15) is 9.59 Å². The fraction of sp³-hybridized carbons (Fsp3) is 0.357. The van der Waals surface area contributed by atoms with Crippen LogP contribution in [0.3, 0.4) is 0 Å². The summed E-state index contributed by atoms with van der Waals surface area (Å²) in [7, 11) is 0. The molecule has 1 aromatic rings. The molecule has 1 aromatic carbocycles. The second-order valence-corrected chi connectivity index (χ2v) is 4.13. The number of hydrogen-bond donors (Lipinski definition) is 1. The molecule has 0 saturated carbocycles. The van der Waals surface area contributed by atoms with Crippen molar-refractivity contribution < 1.29 is 19.4 Å². The Kier molecular flexibility index (Phi) is 6.04. The smallest absolute Gasteiger partial charge is 0.323 e. The molecule has 106 valence electrons. The number of benzene rings is 1. The van der Waals surface area contributed by atoms with Crippen LogP contribution in [-0.4, -0.2) is 41.6 Å². The minimum atomic E-state index is -1.05. The maximum Gasteiger partial charge on any atom is 0.323 e. The summed E-state index contributed by atoms with van der Waals surface area (Å²) in [6, 6.07) is 8.33. The Bertz CT molecular complexity index is 505. The lowest BCUT2D eigenvalue weighted by atomic mass is 10.2. The molecule has 0 fully saturated rings. The highest BCUT2D eigenvalue weighted by atomic mass is 16.5. The summed E-state index contributed by atoms with van der Waals surface area (Å²) < 4.78 is 5.28. The van der Waals surface area contributed by atoms with Crippen molar-refractivity contribution in [1.82, 2.24) is 4.90 Å². The lowest BCUT2D eigenvalue weighted by Gasteiger charge is -2.19. The molecule has 0 radical (unpaired) electrons. The van der Waals surface area contributed by atoms with Crippen molar-refractivity contribution in [2.24, 2.45) is 0 Å². The van der Waals surface area contributed by atoms with Crippen molar-refractivity contribution in [2.75, 3.05) is 19.7 Å². The molecule has 0 unspecified atom stereocenters. The number of aliphatic carboxylic acids is 1. The largest absolute Gasteiger partial charge is 0.484 e. The van der Waals surface area contributed by atoms with Crippen LogP contribution in [0, 0.1) is 11.3 Å². The summed E-state index contributed by atoms with van der Waals surface area (Å²) in [6.07, 6.45) is 0.676. The van der Waals surface area contributed by atoms with Crippen LogP contribution in [0.25, 0.3) is 0 Å². The second kappa shape index (κ2) is 7.79. The van der Waals surface area contributed by atoms with Gasteiger partial charge in [0.2, 0.25) is 0 Å². The van der Waals surface area contributed by atoms with Crippen LogP contribution in [0.4, 0.5) is 0 Å². The first-order valence-electron chi connectivity index (χ1n) is 6.19. The Morgan fingerprint density at radius 1 is 1.35 bits per heavy atom. The van der Waals surface area contributed by atoms with Gasteiger partial charge in [-0.15, -0.1) is 0 Å². The zero-order valence-electron chi connectivity index (χ0n) is 11.2. The standard InChI is InChI=1S/C14H16N2O4/c1-2-7-16(9-14(18)19)13(17)10-20-12-5-3-11(8-15)4-6-12/h3-6H,2,7,9-10H2,1H3,(H,18,19). The zero-order valence-corrected chi connectivity index (χ0v) is 11.2. The molecule has 1 amide bonds. The first kappa shape index (κ1) is 15.5. The van der Waals surface area contributed by atoms with E-state index in [1.54, 1.807) is 24.3 Å². The van der Waals surface area contributed by atoms with Gasteiger partial charge in [0.1, 0.15) is 12.3 Å². The lowest BCUT2D eigenvalue weighted by Crippen LogP contribution is -2.39. The van der Waals surface area contributed by atoms with Gasteiger partial charge < -0.3 is 14.7 Å². The predicted molar refractivity (Wildman–Crippen MR) is 71.2 cm³/mol. The van der Waals surface area contributed by atoms with Crippen molar-refractivity contribution in [2.45, 2.75) is 13.3 Å². The van der Waals surface area contributed by atoms with Crippen LogP contribution in [0.2, 0.25) is 0 Å². The molecule has 0 atom stereocenters. The monoisotopic (exact) mass is 276 g/mol. The summed E-state index contributed by atoms with van der Waals surface area (Å²) in [5, 5.41) is 17.4. The third-order valence-electron chi connectivity index (χ3n) is 2.52. The first-order chi connectivity index (χ1) is 9.56. The Hall–Kier alpha value is -2.55. The Morgan fingerprint density at radius 2 is 2.00 bits per heavy atom. The quantitative estimate of drug-likeness (QED) is 0.809. The van der Waals surface area contributed by atoms with Crippen LogP contribution in [-0.2, 0) is 9.59 Å². The van der Waals surface area contributed by atoms with Gasteiger partial charge in [-0.1, -0.05) is 6.92 Å². The molecular weight excluding hydrogens is 260 g/mol. The molecule has 0 heterocycles. The minimum Gasteiger partial charge on any atom is -0.484 e. The molecule has 0 aromatic heterocycles. The topological polar surface area (TPSA) is 90.6 Å². The maximum absolute atomic E-state index is 11.9. The number of ether oxygens (including phenoxy) is 1. The van der Waals surface area contributed by atoms with Gasteiger partial charge in [-0.05, 0) is 30.7 Å². The van der Waals surface area contributed by atoms with Crippen LogP contribution < -0.4 is 4.74 Å². The fourth-order valence-electron chi connectivity index (χ4n) is 1.59. The van der Waals surface area contributed by atoms with E-state index >= 15 is 0 Å². The highest BCUT2D eigenvalue weighted by Crippen LogP contribution is 2.11. The van der Waals surface area contributed by atoms with E-state index < -0.39 is 5.97 Å². The number of amides is 1. The highest BCUT2D eigenvalue weighted by molar-refractivity contribution is 5.82. The Labute approximate surface area is 117 Å². The fourth-order valence-corrected chi connectivity index (χ4v) is 1.59. The van der Waals surface area contributed by atoms with E-state index in [1.165, 1.54) is 4.90 Å². The first-order valence-corrected chi connectivity index (χ1v) is 6.19. The van der Waals surface area contributed by atoms with Gasteiger partial charge >= 0.3 is 5.97 Å². The predicted octanol–water partition coefficient (Wildman–Crippen LogP) is 1.26. The maximum atomic E-state index is 11.9. The third-order valence-corrected chi connectivity index (χ3v) is 2.52. The van der Waals surface area contributed by atoms with Gasteiger partial charge in [-0.3, -0.25) is 9.59 Å². The van der Waals surface area contributed by atoms with Crippen molar-refractivity contribution in [3.8, 4) is 11.8 Å². The number of hydrogen-bond acceptors (Lipinski definition) is 4. The minimum absolute atomic E-state index is 0.223. The van der Waals surface area contributed by atoms with Gasteiger partial charge in [-0.25, -0.2) is 0 Å². The molecule has 20 heavy (non-hydrogen) atoms. The van der Waals surface area contributed by atoms with Gasteiger partial charge in [-0.2, -0.15) is 5.26 Å². The molecule has 1 N–H and O–H groups in total. The third kappa shape index (κ3) is 4.98. The van der Waals surface area contributed by atoms with Gasteiger partial charge in [0.15, 0.2) is 6.61 Å².